The second kappa shape index (κ2) is 8.71. The summed E-state index contributed by atoms with van der Waals surface area (Å²) in [6.07, 6.45) is -2.62. The molecule has 2 amide bonds. The minimum atomic E-state index is -2.27. The molecule has 0 bridgehead atoms. The molecule has 2 unspecified atom stereocenters. The second-order valence-electron chi connectivity index (χ2n) is 6.09. The largest absolute Gasteiger partial charge is 0.479 e. The molecule has 5 N–H and O–H groups in total. The maximum atomic E-state index is 12.2. The first-order chi connectivity index (χ1) is 12.8. The van der Waals surface area contributed by atoms with Gasteiger partial charge in [-0.05, 0) is 31.5 Å². The van der Waals surface area contributed by atoms with Gasteiger partial charge in [0.15, 0.2) is 12.2 Å². The number of aliphatic hydroxyl groups is 2. The number of benzene rings is 1. The minimum Gasteiger partial charge on any atom is -0.479 e. The van der Waals surface area contributed by atoms with Crippen LogP contribution in [-0.4, -0.2) is 80.4 Å². The summed E-state index contributed by atoms with van der Waals surface area (Å²) in [5.74, 6) is -3.82. The number of imide groups is 1. The Hall–Kier alpha value is -2.82. The van der Waals surface area contributed by atoms with E-state index in [2.05, 4.69) is 5.32 Å². The maximum Gasteiger partial charge on any atom is 0.335 e. The normalized spacial score (nSPS) is 21.0. The highest BCUT2D eigenvalue weighted by molar-refractivity contribution is 6.21. The van der Waals surface area contributed by atoms with Gasteiger partial charge in [-0.1, -0.05) is 12.1 Å². The number of aliphatic hydroxyl groups excluding tert-OH is 2. The number of carbonyl (C=O) groups is 4. The molecule has 146 valence electrons. The van der Waals surface area contributed by atoms with Crippen LogP contribution in [0.4, 0.5) is 0 Å². The first-order valence-corrected chi connectivity index (χ1v) is 8.25. The van der Waals surface area contributed by atoms with E-state index in [9.17, 15) is 19.2 Å². The Morgan fingerprint density at radius 3 is 1.85 bits per heavy atom. The number of piperidine rings is 1. The fourth-order valence-electron chi connectivity index (χ4n) is 2.86. The van der Waals surface area contributed by atoms with Crippen molar-refractivity contribution in [2.75, 3.05) is 13.1 Å². The van der Waals surface area contributed by atoms with E-state index in [1.807, 2.05) is 0 Å². The van der Waals surface area contributed by atoms with Crippen LogP contribution in [0.2, 0.25) is 0 Å². The number of fused-ring (bicyclic) bond motifs is 1. The lowest BCUT2D eigenvalue weighted by Gasteiger charge is -2.29. The fraction of sp³-hybridized carbons (Fsp3) is 0.412. The van der Waals surface area contributed by atoms with Crippen LogP contribution in [0, 0.1) is 0 Å². The number of hydrogen-bond donors (Lipinski definition) is 5. The number of carbonyl (C=O) groups excluding carboxylic acids is 2. The van der Waals surface area contributed by atoms with Crippen molar-refractivity contribution in [3.8, 4) is 0 Å². The zero-order valence-electron chi connectivity index (χ0n) is 14.2. The van der Waals surface area contributed by atoms with Crippen LogP contribution in [0.5, 0.6) is 0 Å². The smallest absolute Gasteiger partial charge is 0.335 e. The van der Waals surface area contributed by atoms with Gasteiger partial charge < -0.3 is 25.7 Å². The van der Waals surface area contributed by atoms with Crippen molar-refractivity contribution in [3.05, 3.63) is 35.4 Å². The zero-order valence-corrected chi connectivity index (χ0v) is 14.2. The molecule has 2 aliphatic rings. The van der Waals surface area contributed by atoms with Crippen LogP contribution in [0.3, 0.4) is 0 Å². The third-order valence-corrected chi connectivity index (χ3v) is 4.27. The molecular formula is C17H20N2O8. The van der Waals surface area contributed by atoms with Gasteiger partial charge in [-0.2, -0.15) is 0 Å². The number of carboxylic acids is 2. The molecule has 2 heterocycles. The molecule has 0 aromatic heterocycles. The van der Waals surface area contributed by atoms with Crippen LogP contribution in [0.25, 0.3) is 0 Å². The molecule has 3 atom stereocenters. The summed E-state index contributed by atoms with van der Waals surface area (Å²) in [4.78, 5) is 45.3. The predicted molar refractivity (Wildman–Crippen MR) is 90.1 cm³/mol. The average Bonchev–Trinajstić information content (AvgIpc) is 2.92. The summed E-state index contributed by atoms with van der Waals surface area (Å²) in [6.45, 7) is 1.69. The molecule has 1 aromatic rings. The minimum absolute atomic E-state index is 0.0103. The summed E-state index contributed by atoms with van der Waals surface area (Å²) in [7, 11) is 0. The maximum absolute atomic E-state index is 12.2. The van der Waals surface area contributed by atoms with Gasteiger partial charge >= 0.3 is 11.9 Å². The van der Waals surface area contributed by atoms with Gasteiger partial charge in [0.25, 0.3) is 11.8 Å². The molecule has 0 radical (unpaired) electrons. The topological polar surface area (TPSA) is 164 Å². The third-order valence-electron chi connectivity index (χ3n) is 4.27. The third kappa shape index (κ3) is 4.48. The SMILES string of the molecule is O=C(O)C(O)C(O)C(=O)O.O=C1c2ccccc2C(=O)N1[C@H]1CCCNC1. The lowest BCUT2D eigenvalue weighted by molar-refractivity contribution is -0.165. The molecule has 2 aliphatic heterocycles. The molecule has 0 aliphatic carbocycles. The number of rotatable bonds is 4. The number of aliphatic carboxylic acids is 2. The number of amides is 2. The number of nitrogens with one attached hydrogen (secondary N) is 1. The highest BCUT2D eigenvalue weighted by Crippen LogP contribution is 2.26. The first kappa shape index (κ1) is 20.5. The van der Waals surface area contributed by atoms with Gasteiger partial charge in [-0.15, -0.1) is 0 Å². The quantitative estimate of drug-likeness (QED) is 0.408. The van der Waals surface area contributed by atoms with Crippen LogP contribution >= 0.6 is 0 Å². The van der Waals surface area contributed by atoms with Gasteiger partial charge in [0.2, 0.25) is 0 Å². The highest BCUT2D eigenvalue weighted by Gasteiger charge is 2.39. The van der Waals surface area contributed by atoms with Crippen LogP contribution in [0.1, 0.15) is 33.6 Å². The van der Waals surface area contributed by atoms with Crippen molar-refractivity contribution in [3.63, 3.8) is 0 Å². The van der Waals surface area contributed by atoms with E-state index in [1.54, 1.807) is 24.3 Å². The van der Waals surface area contributed by atoms with E-state index < -0.39 is 24.1 Å². The Bertz CT molecular complexity index is 691. The highest BCUT2D eigenvalue weighted by atomic mass is 16.4. The molecule has 1 saturated heterocycles. The van der Waals surface area contributed by atoms with Gasteiger partial charge in [0.1, 0.15) is 0 Å². The van der Waals surface area contributed by atoms with E-state index in [4.69, 9.17) is 20.4 Å². The number of nitrogens with zero attached hydrogens (tertiary/aromatic N) is 1. The van der Waals surface area contributed by atoms with E-state index >= 15 is 0 Å². The Kier molecular flexibility index (Phi) is 6.61. The summed E-state index contributed by atoms with van der Waals surface area (Å²) < 4.78 is 0. The van der Waals surface area contributed by atoms with E-state index in [1.165, 1.54) is 4.90 Å². The molecule has 1 fully saturated rings. The number of hydrogen-bond acceptors (Lipinski definition) is 7. The van der Waals surface area contributed by atoms with Crippen LogP contribution < -0.4 is 5.32 Å². The van der Waals surface area contributed by atoms with Crippen LogP contribution in [0.15, 0.2) is 24.3 Å². The monoisotopic (exact) mass is 380 g/mol. The Morgan fingerprint density at radius 1 is 1.00 bits per heavy atom. The van der Waals surface area contributed by atoms with E-state index in [-0.39, 0.29) is 17.9 Å². The zero-order chi connectivity index (χ0) is 20.1. The summed E-state index contributed by atoms with van der Waals surface area (Å²) in [5.41, 5.74) is 1.09. The van der Waals surface area contributed by atoms with Gasteiger partial charge in [0, 0.05) is 6.54 Å². The van der Waals surface area contributed by atoms with Crippen molar-refractivity contribution >= 4 is 23.8 Å². The van der Waals surface area contributed by atoms with Crippen molar-refractivity contribution in [1.82, 2.24) is 10.2 Å². The van der Waals surface area contributed by atoms with Gasteiger partial charge in [0.05, 0.1) is 17.2 Å². The van der Waals surface area contributed by atoms with E-state index in [0.717, 1.165) is 19.4 Å². The summed E-state index contributed by atoms with van der Waals surface area (Å²) >= 11 is 0. The lowest BCUT2D eigenvalue weighted by atomic mass is 10.1. The van der Waals surface area contributed by atoms with Crippen LogP contribution in [-0.2, 0) is 9.59 Å². The second-order valence-corrected chi connectivity index (χ2v) is 6.09. The van der Waals surface area contributed by atoms with Gasteiger partial charge in [-0.25, -0.2) is 9.59 Å². The Balaban J connectivity index is 0.000000227. The molecule has 10 heteroatoms. The van der Waals surface area contributed by atoms with Crippen molar-refractivity contribution in [2.45, 2.75) is 31.1 Å². The molecule has 0 saturated carbocycles. The molecule has 1 aromatic carbocycles. The molecule has 0 spiro atoms. The predicted octanol–water partition coefficient (Wildman–Crippen LogP) is -1.09. The molecular weight excluding hydrogens is 360 g/mol. The molecule has 27 heavy (non-hydrogen) atoms. The van der Waals surface area contributed by atoms with E-state index in [0.29, 0.717) is 17.7 Å². The van der Waals surface area contributed by atoms with Crippen molar-refractivity contribution < 1.29 is 39.6 Å². The summed E-state index contributed by atoms with van der Waals surface area (Å²) in [5, 5.41) is 35.8. The molecule has 10 nitrogen and oxygen atoms in total. The fourth-order valence-corrected chi connectivity index (χ4v) is 2.86. The standard InChI is InChI=1S/C13H14N2O2.C4H6O6/c16-12-10-5-1-2-6-11(10)13(17)15(12)9-4-3-7-14-8-9;5-1(3(7)8)2(6)4(9)10/h1-2,5-6,9,14H,3-4,7-8H2;1-2,5-6H,(H,7,8)(H,9,10)/t9-;/m0./s1. The summed E-state index contributed by atoms with van der Waals surface area (Å²) in [6, 6.07) is 7.06. The first-order valence-electron chi connectivity index (χ1n) is 8.25. The van der Waals surface area contributed by atoms with Crippen molar-refractivity contribution in [2.24, 2.45) is 0 Å². The lowest BCUT2D eigenvalue weighted by Crippen LogP contribution is -2.48. The van der Waals surface area contributed by atoms with Crippen molar-refractivity contribution in [1.29, 1.82) is 0 Å². The average molecular weight is 380 g/mol. The Morgan fingerprint density at radius 2 is 1.48 bits per heavy atom. The molecule has 3 rings (SSSR count). The van der Waals surface area contributed by atoms with Gasteiger partial charge in [-0.3, -0.25) is 14.5 Å². The Labute approximate surface area is 154 Å². The number of carboxylic acid groups (broad SMARTS) is 2.